The summed E-state index contributed by atoms with van der Waals surface area (Å²) in [5.41, 5.74) is 4.44. The second-order valence-electron chi connectivity index (χ2n) is 5.51. The maximum atomic E-state index is 13.1. The monoisotopic (exact) mass is 384 g/mol. The normalized spacial score (nSPS) is 12.1. The first kappa shape index (κ1) is 16.2. The van der Waals surface area contributed by atoms with Crippen LogP contribution in [-0.4, -0.2) is 4.21 Å². The number of hydrogen-bond acceptors (Lipinski definition) is 1. The van der Waals surface area contributed by atoms with E-state index in [1.165, 1.54) is 5.56 Å². The fourth-order valence-corrected chi connectivity index (χ4v) is 4.48. The molecule has 0 radical (unpaired) electrons. The summed E-state index contributed by atoms with van der Waals surface area (Å²) in [6.07, 6.45) is 0. The third-order valence-electron chi connectivity index (χ3n) is 3.81. The average Bonchev–Trinajstić information content (AvgIpc) is 2.55. The van der Waals surface area contributed by atoms with Crippen molar-refractivity contribution in [2.75, 3.05) is 0 Å². The molecule has 0 amide bonds. The number of hydrogen-bond donors (Lipinski definition) is 0. The Bertz CT molecular complexity index is 849. The van der Waals surface area contributed by atoms with Gasteiger partial charge in [-0.05, 0) is 49.2 Å². The van der Waals surface area contributed by atoms with Crippen molar-refractivity contribution in [1.82, 2.24) is 0 Å². The summed E-state index contributed by atoms with van der Waals surface area (Å²) >= 11 is 3.63. The molecule has 0 N–H and O–H groups in total. The lowest BCUT2D eigenvalue weighted by molar-refractivity contribution is 0.683. The van der Waals surface area contributed by atoms with Crippen molar-refractivity contribution in [3.05, 3.63) is 82.3 Å². The lowest BCUT2D eigenvalue weighted by Gasteiger charge is -2.13. The Morgan fingerprint density at radius 3 is 2.22 bits per heavy atom. The van der Waals surface area contributed by atoms with Gasteiger partial charge in [-0.2, -0.15) is 0 Å². The summed E-state index contributed by atoms with van der Waals surface area (Å²) < 4.78 is 14.1. The first-order valence-electron chi connectivity index (χ1n) is 7.41. The Hall–Kier alpha value is -1.71. The summed E-state index contributed by atoms with van der Waals surface area (Å²) in [5, 5.41) is 0. The minimum Gasteiger partial charge on any atom is -0.249 e. The van der Waals surface area contributed by atoms with Crippen LogP contribution in [0.1, 0.15) is 11.1 Å². The van der Waals surface area contributed by atoms with E-state index in [-0.39, 0.29) is 0 Å². The van der Waals surface area contributed by atoms with Gasteiger partial charge in [0, 0.05) is 14.9 Å². The summed E-state index contributed by atoms with van der Waals surface area (Å²) in [7, 11) is -1.20. The highest BCUT2D eigenvalue weighted by Gasteiger charge is 2.16. The molecule has 0 aliphatic carbocycles. The van der Waals surface area contributed by atoms with Crippen LogP contribution >= 0.6 is 15.9 Å². The van der Waals surface area contributed by atoms with Crippen LogP contribution in [0.25, 0.3) is 11.1 Å². The highest BCUT2D eigenvalue weighted by atomic mass is 79.9. The van der Waals surface area contributed by atoms with E-state index in [1.54, 1.807) is 0 Å². The second-order valence-corrected chi connectivity index (χ2v) is 7.81. The molecule has 0 heterocycles. The molecule has 3 aromatic rings. The number of halogens is 1. The zero-order chi connectivity index (χ0) is 16.4. The first-order chi connectivity index (χ1) is 11.1. The van der Waals surface area contributed by atoms with Gasteiger partial charge < -0.3 is 0 Å². The van der Waals surface area contributed by atoms with E-state index in [4.69, 9.17) is 0 Å². The van der Waals surface area contributed by atoms with E-state index in [0.717, 1.165) is 31.0 Å². The van der Waals surface area contributed by atoms with Gasteiger partial charge in [0.1, 0.15) is 0 Å². The lowest BCUT2D eigenvalue weighted by atomic mass is 10.0. The lowest BCUT2D eigenvalue weighted by Crippen LogP contribution is -1.97. The molecule has 0 saturated heterocycles. The fourth-order valence-electron chi connectivity index (χ4n) is 2.60. The minimum atomic E-state index is -1.20. The van der Waals surface area contributed by atoms with Crippen LogP contribution < -0.4 is 0 Å². The smallest absolute Gasteiger partial charge is 0.0855 e. The Balaban J connectivity index is 2.15. The van der Waals surface area contributed by atoms with Crippen molar-refractivity contribution in [1.29, 1.82) is 0 Å². The summed E-state index contributed by atoms with van der Waals surface area (Å²) in [6, 6.07) is 21.9. The van der Waals surface area contributed by atoms with E-state index < -0.39 is 10.8 Å². The molecule has 3 aromatic carbocycles. The summed E-state index contributed by atoms with van der Waals surface area (Å²) in [6.45, 7) is 4.11. The van der Waals surface area contributed by atoms with Crippen molar-refractivity contribution in [3.8, 4) is 11.1 Å². The van der Waals surface area contributed by atoms with E-state index >= 15 is 0 Å². The topological polar surface area (TPSA) is 17.1 Å². The van der Waals surface area contributed by atoms with Crippen molar-refractivity contribution >= 4 is 26.7 Å². The molecule has 0 unspecified atom stereocenters. The average molecular weight is 385 g/mol. The van der Waals surface area contributed by atoms with Crippen molar-refractivity contribution in [2.45, 2.75) is 23.6 Å². The zero-order valence-corrected chi connectivity index (χ0v) is 15.4. The van der Waals surface area contributed by atoms with Gasteiger partial charge in [-0.25, -0.2) is 4.21 Å². The van der Waals surface area contributed by atoms with Gasteiger partial charge in [0.25, 0.3) is 0 Å². The van der Waals surface area contributed by atoms with Gasteiger partial charge in [0.2, 0.25) is 0 Å². The van der Waals surface area contributed by atoms with Gasteiger partial charge in [-0.1, -0.05) is 64.0 Å². The van der Waals surface area contributed by atoms with Crippen molar-refractivity contribution in [3.63, 3.8) is 0 Å². The second kappa shape index (κ2) is 6.81. The summed E-state index contributed by atoms with van der Waals surface area (Å²) in [4.78, 5) is 1.67. The fraction of sp³-hybridized carbons (Fsp3) is 0.100. The molecule has 0 spiro atoms. The molecule has 0 fully saturated rings. The van der Waals surface area contributed by atoms with Crippen molar-refractivity contribution in [2.24, 2.45) is 0 Å². The Morgan fingerprint density at radius 1 is 0.826 bits per heavy atom. The van der Waals surface area contributed by atoms with Gasteiger partial charge in [0.15, 0.2) is 0 Å². The van der Waals surface area contributed by atoms with Gasteiger partial charge in [0.05, 0.1) is 15.7 Å². The molecule has 0 saturated carbocycles. The molecule has 1 atom stereocenters. The van der Waals surface area contributed by atoms with Crippen LogP contribution in [0.15, 0.2) is 81.0 Å². The SMILES string of the molecule is Cc1ccc([S@](=O)c2ccccc2-c2c(C)cccc2Br)cc1. The molecular weight excluding hydrogens is 368 g/mol. The van der Waals surface area contributed by atoms with Crippen molar-refractivity contribution < 1.29 is 4.21 Å². The third kappa shape index (κ3) is 3.31. The maximum absolute atomic E-state index is 13.1. The number of benzene rings is 3. The van der Waals surface area contributed by atoms with E-state index in [0.29, 0.717) is 0 Å². The zero-order valence-electron chi connectivity index (χ0n) is 13.0. The largest absolute Gasteiger partial charge is 0.249 e. The quantitative estimate of drug-likeness (QED) is 0.549. The molecule has 3 rings (SSSR count). The molecule has 116 valence electrons. The van der Waals surface area contributed by atoms with Gasteiger partial charge in [-0.15, -0.1) is 0 Å². The van der Waals surface area contributed by atoms with Crippen LogP contribution in [0.3, 0.4) is 0 Å². The molecule has 0 aliphatic heterocycles. The van der Waals surface area contributed by atoms with Crippen LogP contribution in [0.5, 0.6) is 0 Å². The highest BCUT2D eigenvalue weighted by Crippen LogP contribution is 2.36. The minimum absolute atomic E-state index is 0.827. The Kier molecular flexibility index (Phi) is 4.79. The molecule has 0 aromatic heterocycles. The standard InChI is InChI=1S/C20H17BrOS/c1-14-10-12-16(13-11-14)23(22)19-9-4-3-7-17(19)20-15(2)6-5-8-18(20)21/h3-13H,1-2H3/t23-/m0/s1. The Labute approximate surface area is 148 Å². The van der Waals surface area contributed by atoms with Crippen LogP contribution in [0, 0.1) is 13.8 Å². The van der Waals surface area contributed by atoms with Crippen LogP contribution in [-0.2, 0) is 10.8 Å². The van der Waals surface area contributed by atoms with Crippen LogP contribution in [0.4, 0.5) is 0 Å². The molecule has 1 nitrogen and oxygen atoms in total. The molecule has 3 heteroatoms. The molecule has 0 aliphatic rings. The molecule has 23 heavy (non-hydrogen) atoms. The third-order valence-corrected chi connectivity index (χ3v) is 5.93. The number of rotatable bonds is 3. The molecular formula is C20H17BrOS. The first-order valence-corrected chi connectivity index (χ1v) is 9.35. The Morgan fingerprint density at radius 2 is 1.52 bits per heavy atom. The maximum Gasteiger partial charge on any atom is 0.0855 e. The molecule has 0 bridgehead atoms. The summed E-state index contributed by atoms with van der Waals surface area (Å²) in [5.74, 6) is 0. The van der Waals surface area contributed by atoms with E-state index in [2.05, 4.69) is 28.9 Å². The predicted molar refractivity (Wildman–Crippen MR) is 100 cm³/mol. The number of aryl methyl sites for hydroxylation is 2. The van der Waals surface area contributed by atoms with E-state index in [9.17, 15) is 4.21 Å². The van der Waals surface area contributed by atoms with Gasteiger partial charge >= 0.3 is 0 Å². The highest BCUT2D eigenvalue weighted by molar-refractivity contribution is 9.10. The van der Waals surface area contributed by atoms with E-state index in [1.807, 2.05) is 67.6 Å². The van der Waals surface area contributed by atoms with Crippen LogP contribution in [0.2, 0.25) is 0 Å². The van der Waals surface area contributed by atoms with Gasteiger partial charge in [-0.3, -0.25) is 0 Å². The predicted octanol–water partition coefficient (Wildman–Crippen LogP) is 5.90.